The van der Waals surface area contributed by atoms with Gasteiger partial charge in [-0.1, -0.05) is 419 Å². The monoisotopic (exact) mass is 1890 g/mol. The first-order chi connectivity index (χ1) is 67.0. The molecule has 2 aliphatic rings. The van der Waals surface area contributed by atoms with Crippen molar-refractivity contribution in [3.05, 3.63) is 346 Å². The van der Waals surface area contributed by atoms with E-state index in [1.165, 1.54) is 154 Å². The molecule has 0 saturated carbocycles. The zero-order valence-corrected chi connectivity index (χ0v) is 93.4. The van der Waals surface area contributed by atoms with Crippen LogP contribution < -0.4 is 26.2 Å². The number of hydrogen-bond acceptors (Lipinski definition) is 2. The van der Waals surface area contributed by atoms with Crippen molar-refractivity contribution in [2.24, 2.45) is 0 Å². The molecule has 0 saturated heterocycles. The number of benzene rings is 15. The van der Waals surface area contributed by atoms with E-state index in [-0.39, 0.29) is 71.7 Å². The second-order valence-electron chi connectivity index (χ2n) is 54.9. The third kappa shape index (κ3) is 17.0. The summed E-state index contributed by atoms with van der Waals surface area (Å²) in [6.07, 6.45) is 0. The highest BCUT2D eigenvalue weighted by atomic mass is 15.2. The molecular formula is C138H154BN5. The van der Waals surface area contributed by atoms with Gasteiger partial charge in [0.05, 0.1) is 50.2 Å². The van der Waals surface area contributed by atoms with Crippen LogP contribution in [0.2, 0.25) is 0 Å². The minimum Gasteiger partial charge on any atom is -0.310 e. The van der Waals surface area contributed by atoms with E-state index in [1.54, 1.807) is 0 Å². The van der Waals surface area contributed by atoms with Crippen LogP contribution in [0.25, 0.3) is 127 Å². The largest absolute Gasteiger partial charge is 0.310 e. The molecule has 18 aromatic rings. The summed E-state index contributed by atoms with van der Waals surface area (Å²) in [5.41, 5.74) is 43.4. The van der Waals surface area contributed by atoms with Crippen molar-refractivity contribution in [3.63, 3.8) is 0 Å². The molecular weight excluding hydrogens is 1740 g/mol. The molecule has 3 aromatic heterocycles. The number of hydrogen-bond donors (Lipinski definition) is 0. The summed E-state index contributed by atoms with van der Waals surface area (Å²) in [4.78, 5) is 5.70. The van der Waals surface area contributed by atoms with Gasteiger partial charge in [0.25, 0.3) is 6.71 Å². The number of fused-ring (bicyclic) bond motifs is 13. The SMILES string of the molecule is CC(C)(C)c1ccc(-c2cccc(-c3ccc(C(C)(C)C)cc3C(C)(C)C)c2N2c3cc(-n4c5ccc(C(C)(C)C)cc5c5cc(C(C)(C)C)ccc54)ccc3B3c4ccc(-n5c6ccc(C(C)(C)C)cc6c6cc(C(C)(C)C)ccc65)cc4N(c4c(-c5ccc(C(C)(C)C)cc5)cccc4-c4c(C(C)(C)C)cccc4C(C)(C)C)c4cc(-n5c6ccc(C(C)(C)C)cc6c6cc(C(C)(C)C)ccc65)cc2c43)cc1. The summed E-state index contributed by atoms with van der Waals surface area (Å²) in [5.74, 6) is 0. The maximum absolute atomic E-state index is 2.85. The van der Waals surface area contributed by atoms with Crippen LogP contribution in [0.1, 0.15) is 316 Å². The van der Waals surface area contributed by atoms with Gasteiger partial charge in [-0.3, -0.25) is 0 Å². The fraction of sp³-hybridized carbons (Fsp3) is 0.348. The van der Waals surface area contributed by atoms with Gasteiger partial charge in [0.1, 0.15) is 0 Å². The van der Waals surface area contributed by atoms with E-state index >= 15 is 0 Å². The molecule has 6 heteroatoms. The zero-order valence-electron chi connectivity index (χ0n) is 93.4. The third-order valence-corrected chi connectivity index (χ3v) is 31.9. The Morgan fingerprint density at radius 1 is 0.181 bits per heavy atom. The van der Waals surface area contributed by atoms with E-state index in [4.69, 9.17) is 0 Å². The van der Waals surface area contributed by atoms with Crippen LogP contribution in [0.15, 0.2) is 279 Å². The first kappa shape index (κ1) is 98.7. The van der Waals surface area contributed by atoms with E-state index < -0.39 is 0 Å². The summed E-state index contributed by atoms with van der Waals surface area (Å²) in [6.45, 7) is 85.3. The van der Waals surface area contributed by atoms with Crippen molar-refractivity contribution in [2.75, 3.05) is 9.80 Å². The number of anilines is 6. The number of nitrogens with zero attached hydrogens (tertiary/aromatic N) is 5. The van der Waals surface area contributed by atoms with Crippen LogP contribution in [0.5, 0.6) is 0 Å². The normalized spacial score (nSPS) is 13.9. The Morgan fingerprint density at radius 2 is 0.431 bits per heavy atom. The van der Waals surface area contributed by atoms with Crippen LogP contribution in [0, 0.1) is 0 Å². The Morgan fingerprint density at radius 3 is 0.729 bits per heavy atom. The first-order valence-electron chi connectivity index (χ1n) is 53.1. The van der Waals surface area contributed by atoms with Gasteiger partial charge in [0.15, 0.2) is 0 Å². The van der Waals surface area contributed by atoms with Crippen molar-refractivity contribution in [1.82, 2.24) is 13.7 Å². The fourth-order valence-electron chi connectivity index (χ4n) is 23.3. The fourth-order valence-corrected chi connectivity index (χ4v) is 23.3. The highest BCUT2D eigenvalue weighted by Gasteiger charge is 2.48. The Hall–Kier alpha value is -12.6. The molecule has 2 aliphatic heterocycles. The van der Waals surface area contributed by atoms with Crippen LogP contribution in [0.3, 0.4) is 0 Å². The van der Waals surface area contributed by atoms with Gasteiger partial charge in [-0.2, -0.15) is 0 Å². The van der Waals surface area contributed by atoms with E-state index in [0.29, 0.717) is 0 Å². The lowest BCUT2D eigenvalue weighted by atomic mass is 9.33. The summed E-state index contributed by atoms with van der Waals surface area (Å²) < 4.78 is 7.92. The predicted octanol–water partition coefficient (Wildman–Crippen LogP) is 37.3. The molecule has 0 atom stereocenters. The predicted molar refractivity (Wildman–Crippen MR) is 630 cm³/mol. The van der Waals surface area contributed by atoms with Crippen LogP contribution in [0.4, 0.5) is 34.1 Å². The molecule has 0 spiro atoms. The minimum absolute atomic E-state index is 0.111. The van der Waals surface area contributed by atoms with Crippen molar-refractivity contribution < 1.29 is 0 Å². The summed E-state index contributed by atoms with van der Waals surface area (Å²) in [6, 6.07) is 114. The Balaban J connectivity index is 1.05. The average molecular weight is 1890 g/mol. The topological polar surface area (TPSA) is 21.3 Å². The lowest BCUT2D eigenvalue weighted by molar-refractivity contribution is 0.569. The molecule has 0 N–H and O–H groups in total. The maximum Gasteiger partial charge on any atom is 0.252 e. The zero-order chi connectivity index (χ0) is 103. The maximum atomic E-state index is 2.85. The van der Waals surface area contributed by atoms with Gasteiger partial charge in [0.2, 0.25) is 0 Å². The van der Waals surface area contributed by atoms with E-state index in [1.807, 2.05) is 0 Å². The quantitative estimate of drug-likeness (QED) is 0.134. The minimum atomic E-state index is -0.387. The molecule has 5 nitrogen and oxygen atoms in total. The van der Waals surface area contributed by atoms with E-state index in [9.17, 15) is 0 Å². The Bertz CT molecular complexity index is 7990. The van der Waals surface area contributed by atoms with Crippen molar-refractivity contribution in [3.8, 4) is 61.6 Å². The molecule has 0 amide bonds. The molecule has 0 bridgehead atoms. The Kier molecular flexibility index (Phi) is 22.9. The van der Waals surface area contributed by atoms with Crippen LogP contribution in [-0.4, -0.2) is 20.4 Å². The van der Waals surface area contributed by atoms with Crippen molar-refractivity contribution in [1.29, 1.82) is 0 Å². The smallest absolute Gasteiger partial charge is 0.252 e. The highest BCUT2D eigenvalue weighted by molar-refractivity contribution is 7.00. The molecule has 0 unspecified atom stereocenters. The molecule has 0 aliphatic carbocycles. The van der Waals surface area contributed by atoms with Crippen LogP contribution in [-0.2, 0) is 65.0 Å². The number of aromatic nitrogens is 3. The summed E-state index contributed by atoms with van der Waals surface area (Å²) in [5, 5.41) is 7.47. The number of para-hydroxylation sites is 2. The molecule has 734 valence electrons. The van der Waals surface area contributed by atoms with Gasteiger partial charge in [-0.25, -0.2) is 0 Å². The molecule has 15 aromatic carbocycles. The van der Waals surface area contributed by atoms with E-state index in [2.05, 4.69) is 552 Å². The molecule has 0 radical (unpaired) electrons. The molecule has 20 rings (SSSR count). The van der Waals surface area contributed by atoms with E-state index in [0.717, 1.165) is 90.0 Å². The van der Waals surface area contributed by atoms with Crippen molar-refractivity contribution in [2.45, 2.75) is 314 Å². The van der Waals surface area contributed by atoms with Gasteiger partial charge in [-0.05, 0) is 280 Å². The average Bonchev–Trinajstić information content (AvgIpc) is 1.09. The van der Waals surface area contributed by atoms with Crippen molar-refractivity contribution >= 4 is 123 Å². The van der Waals surface area contributed by atoms with Crippen LogP contribution >= 0.6 is 0 Å². The summed E-state index contributed by atoms with van der Waals surface area (Å²) in [7, 11) is 0. The third-order valence-electron chi connectivity index (χ3n) is 31.9. The van der Waals surface area contributed by atoms with Gasteiger partial charge in [-0.15, -0.1) is 0 Å². The molecule has 144 heavy (non-hydrogen) atoms. The van der Waals surface area contributed by atoms with Gasteiger partial charge >= 0.3 is 0 Å². The number of rotatable bonds is 9. The lowest BCUT2D eigenvalue weighted by Gasteiger charge is -2.46. The van der Waals surface area contributed by atoms with Gasteiger partial charge < -0.3 is 23.5 Å². The standard InChI is InChI=1S/C138H154BN5/c1-127(2,3)85-50-46-83(47-51-85)97-40-37-42-100(99-63-54-93(135(25,26)27)78-110(99)138(34,35)36)125(97)143-119-79-94(140-113-66-55-87(129(7,8)9)72-102(113)103-73-88(130(10,11)12)56-67-114(103)140)61-64-111(119)139-112-65-62-95(141-115-68-57-89(131(13,14)15)74-104(115)105-75-90(132(16,17)18)58-69-116(105)141)80-120(112)144(122-82-96(81-121(143)124(122)139)142-117-70-59-91(133(19,20)21)76-106(117)107-77-92(134(22,23)24)60-71-118(107)142)126-98(84-48-52-86(53-49-84)128(4,5)6)41-38-43-101(126)123-108(136(28,29)30)44-39-45-109(123)137(31,32)33/h37-82H,1-36H3. The lowest BCUT2D eigenvalue weighted by Crippen LogP contribution is -2.61. The first-order valence-corrected chi connectivity index (χ1v) is 53.1. The highest BCUT2D eigenvalue weighted by Crippen LogP contribution is 2.59. The van der Waals surface area contributed by atoms with Gasteiger partial charge in [0, 0.05) is 88.7 Å². The molecule has 5 heterocycles. The molecule has 0 fully saturated rings. The second kappa shape index (κ2) is 33.5. The summed E-state index contributed by atoms with van der Waals surface area (Å²) >= 11 is 0. The second-order valence-corrected chi connectivity index (χ2v) is 54.9. The Labute approximate surface area is 861 Å².